The Morgan fingerprint density at radius 3 is 2.78 bits per heavy atom. The molecular weight excluding hydrogens is 240 g/mol. The number of aromatic carboxylic acids is 1. The van der Waals surface area contributed by atoms with Crippen LogP contribution in [-0.4, -0.2) is 41.8 Å². The zero-order valence-electron chi connectivity index (χ0n) is 9.88. The van der Waals surface area contributed by atoms with Gasteiger partial charge in [-0.05, 0) is 6.07 Å². The van der Waals surface area contributed by atoms with Gasteiger partial charge in [-0.1, -0.05) is 6.07 Å². The zero-order chi connectivity index (χ0) is 13.5. The van der Waals surface area contributed by atoms with E-state index in [-0.39, 0.29) is 12.2 Å². The number of carbonyl (C=O) groups is 2. The quantitative estimate of drug-likeness (QED) is 0.655. The molecule has 0 unspecified atom stereocenters. The monoisotopic (exact) mass is 254 g/mol. The number of nitrogens with one attached hydrogen (secondary N) is 1. The van der Waals surface area contributed by atoms with Crippen molar-refractivity contribution in [2.24, 2.45) is 0 Å². The maximum atomic E-state index is 11.5. The first kappa shape index (κ1) is 13.9. The second kappa shape index (κ2) is 6.55. The van der Waals surface area contributed by atoms with Gasteiger partial charge in [-0.25, -0.2) is 4.79 Å². The summed E-state index contributed by atoms with van der Waals surface area (Å²) in [5, 5.41) is 11.4. The van der Waals surface area contributed by atoms with E-state index in [4.69, 9.17) is 9.84 Å². The number of rotatable bonds is 6. The Morgan fingerprint density at radius 1 is 1.44 bits per heavy atom. The van der Waals surface area contributed by atoms with Gasteiger partial charge in [-0.15, -0.1) is 0 Å². The van der Waals surface area contributed by atoms with Crippen LogP contribution < -0.4 is 10.9 Å². The molecule has 2 N–H and O–H groups in total. The minimum Gasteiger partial charge on any atom is -0.477 e. The van der Waals surface area contributed by atoms with Gasteiger partial charge in [0.2, 0.25) is 5.91 Å². The van der Waals surface area contributed by atoms with Crippen LogP contribution in [-0.2, 0) is 16.1 Å². The molecule has 1 aromatic heterocycles. The lowest BCUT2D eigenvalue weighted by molar-refractivity contribution is -0.121. The number of carboxylic acids is 1. The summed E-state index contributed by atoms with van der Waals surface area (Å²) in [7, 11) is 1.50. The Balaban J connectivity index is 2.80. The van der Waals surface area contributed by atoms with E-state index in [1.54, 1.807) is 0 Å². The smallest absolute Gasteiger partial charge is 0.352 e. The number of amides is 1. The van der Waals surface area contributed by atoms with Crippen molar-refractivity contribution >= 4 is 11.9 Å². The van der Waals surface area contributed by atoms with E-state index in [0.29, 0.717) is 13.2 Å². The van der Waals surface area contributed by atoms with Crippen molar-refractivity contribution in [1.29, 1.82) is 0 Å². The first-order valence-electron chi connectivity index (χ1n) is 5.25. The van der Waals surface area contributed by atoms with E-state index in [1.807, 2.05) is 0 Å². The summed E-state index contributed by atoms with van der Waals surface area (Å²) in [6.07, 6.45) is 0. The molecule has 1 heterocycles. The largest absolute Gasteiger partial charge is 0.477 e. The Kier molecular flexibility index (Phi) is 5.06. The summed E-state index contributed by atoms with van der Waals surface area (Å²) in [6.45, 7) is 0.325. The Labute approximate surface area is 103 Å². The number of carbonyl (C=O) groups excluding carboxylic acids is 1. The number of carboxylic acid groups (broad SMARTS) is 1. The van der Waals surface area contributed by atoms with Gasteiger partial charge in [0.05, 0.1) is 6.61 Å². The minimum atomic E-state index is -1.25. The molecule has 7 nitrogen and oxygen atoms in total. The molecule has 0 aliphatic heterocycles. The Hall–Kier alpha value is -2.15. The molecule has 98 valence electrons. The number of hydrogen-bond acceptors (Lipinski definition) is 4. The number of pyridine rings is 1. The fraction of sp³-hybridized carbons (Fsp3) is 0.364. The van der Waals surface area contributed by atoms with Crippen LogP contribution in [0.5, 0.6) is 0 Å². The molecule has 0 saturated carbocycles. The molecule has 7 heteroatoms. The number of aromatic nitrogens is 1. The van der Waals surface area contributed by atoms with Crippen LogP contribution in [0.25, 0.3) is 0 Å². The third-order valence-electron chi connectivity index (χ3n) is 2.20. The first-order chi connectivity index (χ1) is 8.56. The highest BCUT2D eigenvalue weighted by Crippen LogP contribution is 1.96. The van der Waals surface area contributed by atoms with Gasteiger partial charge < -0.3 is 15.2 Å². The van der Waals surface area contributed by atoms with Crippen molar-refractivity contribution in [3.8, 4) is 0 Å². The van der Waals surface area contributed by atoms with Crippen molar-refractivity contribution in [3.05, 3.63) is 34.2 Å². The summed E-state index contributed by atoms with van der Waals surface area (Å²) in [5.41, 5.74) is -0.749. The van der Waals surface area contributed by atoms with Crippen LogP contribution in [0, 0.1) is 0 Å². The summed E-state index contributed by atoms with van der Waals surface area (Å²) < 4.78 is 5.66. The van der Waals surface area contributed by atoms with Crippen molar-refractivity contribution in [3.63, 3.8) is 0 Å². The minimum absolute atomic E-state index is 0.218. The zero-order valence-corrected chi connectivity index (χ0v) is 9.88. The summed E-state index contributed by atoms with van der Waals surface area (Å²) >= 11 is 0. The molecule has 1 amide bonds. The molecule has 0 spiro atoms. The van der Waals surface area contributed by atoms with Gasteiger partial charge in [0, 0.05) is 19.7 Å². The Bertz CT molecular complexity index is 494. The second-order valence-electron chi connectivity index (χ2n) is 3.48. The molecular formula is C11H14N2O5. The molecule has 0 fully saturated rings. The third-order valence-corrected chi connectivity index (χ3v) is 2.20. The van der Waals surface area contributed by atoms with E-state index >= 15 is 0 Å². The van der Waals surface area contributed by atoms with E-state index < -0.39 is 17.4 Å². The van der Waals surface area contributed by atoms with Crippen LogP contribution in [0.1, 0.15) is 10.5 Å². The van der Waals surface area contributed by atoms with Crippen molar-refractivity contribution in [2.45, 2.75) is 6.54 Å². The summed E-state index contributed by atoms with van der Waals surface area (Å²) in [6, 6.07) is 3.81. The average molecular weight is 254 g/mol. The van der Waals surface area contributed by atoms with Crippen LogP contribution in [0.4, 0.5) is 0 Å². The number of nitrogens with zero attached hydrogens (tertiary/aromatic N) is 1. The highest BCUT2D eigenvalue weighted by molar-refractivity contribution is 5.86. The molecule has 1 aromatic rings. The van der Waals surface area contributed by atoms with Crippen molar-refractivity contribution in [1.82, 2.24) is 9.88 Å². The molecule has 0 bridgehead atoms. The lowest BCUT2D eigenvalue weighted by atomic mass is 10.3. The molecule has 0 aliphatic carbocycles. The SMILES string of the molecule is COCCNC(=O)Cn1c(C(=O)O)cccc1=O. The lowest BCUT2D eigenvalue weighted by Crippen LogP contribution is -2.35. The highest BCUT2D eigenvalue weighted by atomic mass is 16.5. The van der Waals surface area contributed by atoms with Crippen molar-refractivity contribution in [2.75, 3.05) is 20.3 Å². The van der Waals surface area contributed by atoms with E-state index in [2.05, 4.69) is 5.32 Å². The number of methoxy groups -OCH3 is 1. The Morgan fingerprint density at radius 2 is 2.17 bits per heavy atom. The fourth-order valence-corrected chi connectivity index (χ4v) is 1.36. The second-order valence-corrected chi connectivity index (χ2v) is 3.48. The predicted molar refractivity (Wildman–Crippen MR) is 62.5 cm³/mol. The normalized spacial score (nSPS) is 10.1. The van der Waals surface area contributed by atoms with Gasteiger partial charge in [0.25, 0.3) is 5.56 Å². The topological polar surface area (TPSA) is 97.6 Å². The molecule has 0 saturated heterocycles. The van der Waals surface area contributed by atoms with Crippen LogP contribution in [0.2, 0.25) is 0 Å². The number of hydrogen-bond donors (Lipinski definition) is 2. The fourth-order valence-electron chi connectivity index (χ4n) is 1.36. The van der Waals surface area contributed by atoms with Gasteiger partial charge in [0.15, 0.2) is 0 Å². The third kappa shape index (κ3) is 3.70. The molecule has 0 atom stereocenters. The number of ether oxygens (including phenoxy) is 1. The van der Waals surface area contributed by atoms with Crippen molar-refractivity contribution < 1.29 is 19.4 Å². The molecule has 0 aromatic carbocycles. The van der Waals surface area contributed by atoms with E-state index in [9.17, 15) is 14.4 Å². The van der Waals surface area contributed by atoms with Crippen LogP contribution >= 0.6 is 0 Å². The molecule has 0 aliphatic rings. The van der Waals surface area contributed by atoms with Gasteiger partial charge in [0.1, 0.15) is 12.2 Å². The van der Waals surface area contributed by atoms with E-state index in [0.717, 1.165) is 4.57 Å². The molecule has 0 radical (unpaired) electrons. The maximum Gasteiger partial charge on any atom is 0.352 e. The van der Waals surface area contributed by atoms with Crippen LogP contribution in [0.3, 0.4) is 0 Å². The maximum absolute atomic E-state index is 11.5. The highest BCUT2D eigenvalue weighted by Gasteiger charge is 2.13. The van der Waals surface area contributed by atoms with Crippen LogP contribution in [0.15, 0.2) is 23.0 Å². The molecule has 18 heavy (non-hydrogen) atoms. The van der Waals surface area contributed by atoms with E-state index in [1.165, 1.54) is 25.3 Å². The van der Waals surface area contributed by atoms with Gasteiger partial charge >= 0.3 is 5.97 Å². The average Bonchev–Trinajstić information content (AvgIpc) is 2.31. The van der Waals surface area contributed by atoms with Gasteiger partial charge in [-0.2, -0.15) is 0 Å². The van der Waals surface area contributed by atoms with Gasteiger partial charge in [-0.3, -0.25) is 14.2 Å². The summed E-state index contributed by atoms with van der Waals surface area (Å²) in [4.78, 5) is 33.9. The predicted octanol–water partition coefficient (Wildman–Crippen LogP) is -0.691. The molecule has 1 rings (SSSR count). The standard InChI is InChI=1S/C11H14N2O5/c1-18-6-5-12-9(14)7-13-8(11(16)17)3-2-4-10(13)15/h2-4H,5-7H2,1H3,(H,12,14)(H,16,17). The lowest BCUT2D eigenvalue weighted by Gasteiger charge is -2.09. The first-order valence-corrected chi connectivity index (χ1v) is 5.25. The summed E-state index contributed by atoms with van der Waals surface area (Å²) in [5.74, 6) is -1.69.